The Hall–Kier alpha value is -10.2. The smallest absolute Gasteiger partial charge is 0.222 e. The molecule has 6 aromatic heterocycles. The number of hydrogen-bond acceptors (Lipinski definition) is 6. The van der Waals surface area contributed by atoms with E-state index >= 15 is 0 Å². The molecule has 12 aromatic rings. The number of nitrogens with one attached hydrogen (secondary N) is 3. The maximum atomic E-state index is 13.8. The Morgan fingerprint density at radius 2 is 0.781 bits per heavy atom. The van der Waals surface area contributed by atoms with Crippen molar-refractivity contribution in [3.05, 3.63) is 236 Å². The molecule has 0 atom stereocenters. The maximum absolute atomic E-state index is 13.8. The zero-order chi connectivity index (χ0) is 65.7. The van der Waals surface area contributed by atoms with Crippen LogP contribution in [0.5, 0.6) is 0 Å². The first kappa shape index (κ1) is 64.5. The molecule has 6 aromatic carbocycles. The van der Waals surface area contributed by atoms with Gasteiger partial charge in [-0.25, -0.2) is 13.2 Å². The molecule has 3 aliphatic rings. The fourth-order valence-electron chi connectivity index (χ4n) is 14.0. The van der Waals surface area contributed by atoms with Crippen molar-refractivity contribution in [2.75, 3.05) is 39.3 Å². The Labute approximate surface area is 556 Å². The number of nitrogens with zero attached hydrogens (tertiary/aromatic N) is 9. The van der Waals surface area contributed by atoms with E-state index in [0.29, 0.717) is 61.8 Å². The van der Waals surface area contributed by atoms with E-state index < -0.39 is 0 Å². The normalized spacial score (nSPS) is 14.8. The largest absolute Gasteiger partial charge is 0.347 e. The third kappa shape index (κ3) is 16.1. The minimum atomic E-state index is -0.244. The van der Waals surface area contributed by atoms with Gasteiger partial charge in [0.15, 0.2) is 0 Å². The first-order valence-electron chi connectivity index (χ1n) is 33.8. The van der Waals surface area contributed by atoms with Crippen LogP contribution in [-0.2, 0) is 53.3 Å². The van der Waals surface area contributed by atoms with Gasteiger partial charge in [-0.2, -0.15) is 15.3 Å². The van der Waals surface area contributed by atoms with E-state index in [0.717, 1.165) is 142 Å². The Morgan fingerprint density at radius 1 is 0.385 bits per heavy atom. The quantitative estimate of drug-likeness (QED) is 0.0775. The van der Waals surface area contributed by atoms with E-state index in [4.69, 9.17) is 0 Å². The number of piperidine rings is 3. The number of rotatable bonds is 18. The first-order valence-corrected chi connectivity index (χ1v) is 33.8. The molecule has 3 aliphatic heterocycles. The average molecular weight is 1290 g/mol. The number of amides is 3. The minimum Gasteiger partial charge on any atom is -0.347 e. The Balaban J connectivity index is 0.000000130. The molecule has 0 aliphatic carbocycles. The Bertz CT molecular complexity index is 4510. The van der Waals surface area contributed by atoms with Crippen molar-refractivity contribution in [1.29, 1.82) is 0 Å². The van der Waals surface area contributed by atoms with Gasteiger partial charge in [-0.05, 0) is 194 Å². The van der Waals surface area contributed by atoms with E-state index in [1.54, 1.807) is 30.3 Å². The van der Waals surface area contributed by atoms with E-state index in [2.05, 4.69) is 136 Å². The summed E-state index contributed by atoms with van der Waals surface area (Å²) in [5.41, 5.74) is 13.0. The number of carbonyl (C=O) groups is 3. The predicted octanol–water partition coefficient (Wildman–Crippen LogP) is 15.1. The average Bonchev–Trinajstić information content (AvgIpc) is 1.71. The van der Waals surface area contributed by atoms with Crippen LogP contribution in [0.4, 0.5) is 13.2 Å². The van der Waals surface area contributed by atoms with E-state index in [9.17, 15) is 27.6 Å². The first-order chi connectivity index (χ1) is 47.0. The summed E-state index contributed by atoms with van der Waals surface area (Å²) in [5.74, 6) is 1.47. The molecule has 0 bridgehead atoms. The number of H-pyrrole nitrogens is 3. The van der Waals surface area contributed by atoms with Crippen LogP contribution in [0.25, 0.3) is 66.1 Å². The lowest BCUT2D eigenvalue weighted by atomic mass is 9.96. The van der Waals surface area contributed by atoms with Crippen LogP contribution in [0.15, 0.2) is 201 Å². The van der Waals surface area contributed by atoms with Gasteiger partial charge in [0.1, 0.15) is 17.5 Å². The number of aryl methyl sites for hydroxylation is 3. The van der Waals surface area contributed by atoms with Crippen LogP contribution >= 0.6 is 0 Å². The highest BCUT2D eigenvalue weighted by Gasteiger charge is 2.27. The summed E-state index contributed by atoms with van der Waals surface area (Å²) >= 11 is 0. The molecule has 3 amide bonds. The Morgan fingerprint density at radius 3 is 1.17 bits per heavy atom. The van der Waals surface area contributed by atoms with Crippen LogP contribution in [0.2, 0.25) is 0 Å². The van der Waals surface area contributed by atoms with E-state index in [1.165, 1.54) is 63.0 Å². The van der Waals surface area contributed by atoms with Crippen LogP contribution in [0, 0.1) is 35.2 Å². The summed E-state index contributed by atoms with van der Waals surface area (Å²) in [6, 6.07) is 45.8. The molecule has 0 radical (unpaired) electrons. The molecular formula is C78H81F3N12O3. The third-order valence-electron chi connectivity index (χ3n) is 19.7. The molecule has 3 saturated heterocycles. The second kappa shape index (κ2) is 30.5. The lowest BCUT2D eigenvalue weighted by molar-refractivity contribution is -0.133. The molecule has 15 rings (SSSR count). The number of hydrogen-bond donors (Lipinski definition) is 3. The fourth-order valence-corrected chi connectivity index (χ4v) is 14.0. The fraction of sp³-hybridized carbons (Fsp3) is 0.308. The molecule has 15 nitrogen and oxygen atoms in total. The van der Waals surface area contributed by atoms with Gasteiger partial charge in [0, 0.05) is 165 Å². The second-order valence-corrected chi connectivity index (χ2v) is 26.0. The van der Waals surface area contributed by atoms with Crippen molar-refractivity contribution < 1.29 is 27.6 Å². The summed E-state index contributed by atoms with van der Waals surface area (Å²) in [4.78, 5) is 43.7. The summed E-state index contributed by atoms with van der Waals surface area (Å²) in [7, 11) is 0. The van der Waals surface area contributed by atoms with Crippen LogP contribution in [-0.4, -0.2) is 116 Å². The molecule has 9 heterocycles. The molecule has 96 heavy (non-hydrogen) atoms. The van der Waals surface area contributed by atoms with Crippen molar-refractivity contribution in [3.63, 3.8) is 0 Å². The van der Waals surface area contributed by atoms with E-state index in [1.807, 2.05) is 64.0 Å². The molecule has 3 N–H and O–H groups in total. The molecule has 492 valence electrons. The highest BCUT2D eigenvalue weighted by molar-refractivity contribution is 5.88. The lowest BCUT2D eigenvalue weighted by Crippen LogP contribution is -2.39. The summed E-state index contributed by atoms with van der Waals surface area (Å²) < 4.78 is 47.1. The van der Waals surface area contributed by atoms with Gasteiger partial charge in [-0.15, -0.1) is 0 Å². The van der Waals surface area contributed by atoms with Gasteiger partial charge in [0.25, 0.3) is 0 Å². The monoisotopic (exact) mass is 1290 g/mol. The second-order valence-electron chi connectivity index (χ2n) is 26.0. The molecular weight excluding hydrogens is 1210 g/mol. The molecule has 0 unspecified atom stereocenters. The summed E-state index contributed by atoms with van der Waals surface area (Å²) in [5, 5.41) is 24.4. The van der Waals surface area contributed by atoms with Crippen LogP contribution in [0.1, 0.15) is 74.5 Å². The number of aromatic nitrogens is 9. The van der Waals surface area contributed by atoms with Crippen molar-refractivity contribution in [2.45, 2.75) is 96.7 Å². The van der Waals surface area contributed by atoms with Crippen LogP contribution in [0.3, 0.4) is 0 Å². The zero-order valence-electron chi connectivity index (χ0n) is 54.0. The predicted molar refractivity (Wildman–Crippen MR) is 371 cm³/mol. The van der Waals surface area contributed by atoms with Crippen molar-refractivity contribution in [1.82, 2.24) is 59.0 Å². The van der Waals surface area contributed by atoms with Gasteiger partial charge in [-0.1, -0.05) is 60.7 Å². The number of likely N-dealkylation sites (tertiary alicyclic amines) is 3. The van der Waals surface area contributed by atoms with Crippen molar-refractivity contribution in [3.8, 4) is 33.4 Å². The lowest BCUT2D eigenvalue weighted by Gasteiger charge is -2.32. The number of aromatic amines is 3. The molecule has 3 fully saturated rings. The number of fused-ring (bicyclic) bond motifs is 3. The molecule has 18 heteroatoms. The van der Waals surface area contributed by atoms with E-state index in [-0.39, 0.29) is 35.2 Å². The summed E-state index contributed by atoms with van der Waals surface area (Å²) in [6.07, 6.45) is 26.8. The zero-order valence-corrected chi connectivity index (χ0v) is 54.0. The van der Waals surface area contributed by atoms with Gasteiger partial charge >= 0.3 is 0 Å². The maximum Gasteiger partial charge on any atom is 0.222 e. The van der Waals surface area contributed by atoms with Gasteiger partial charge < -0.3 is 28.4 Å². The topological polar surface area (TPSA) is 162 Å². The standard InChI is InChI=1S/3C26H27FN4O/c27-24-5-1-19(2-6-24)3-8-26(32)30-12-9-20(10-13-30)18-31-14-11-22-15-21(4-7-25(22)31)23-16-28-29-17-23;27-24-3-1-2-19(14-24)4-7-26(32)30-11-8-20(9-12-30)18-31-13-10-22-15-21(5-6-25(22)31)23-16-28-29-17-23;27-24-4-2-1-3-20(24)6-8-26(32)30-12-9-19(10-13-30)18-31-14-11-22-15-21(5-7-25(22)31)23-16-28-29-17-23/h1-2,4-7,11,14-17,20H,3,8-10,12-13,18H2,(H,28,29);1-3,5-6,10,13-17,20H,4,7-9,11-12,18H2,(H,28,29);1-5,7,11,14-17,19H,6,8-10,12-13,18H2,(H,28,29). The van der Waals surface area contributed by atoms with Gasteiger partial charge in [-0.3, -0.25) is 29.7 Å². The van der Waals surface area contributed by atoms with Crippen molar-refractivity contribution in [2.24, 2.45) is 17.8 Å². The third-order valence-corrected chi connectivity index (χ3v) is 19.7. The minimum absolute atomic E-state index is 0.130. The summed E-state index contributed by atoms with van der Waals surface area (Å²) in [6.45, 7) is 7.72. The molecule has 0 saturated carbocycles. The van der Waals surface area contributed by atoms with Crippen LogP contribution < -0.4 is 0 Å². The van der Waals surface area contributed by atoms with Gasteiger partial charge in [0.2, 0.25) is 17.7 Å². The number of carbonyl (C=O) groups excluding carboxylic acids is 3. The molecule has 0 spiro atoms. The number of halogens is 3. The number of benzene rings is 6. The van der Waals surface area contributed by atoms with Gasteiger partial charge in [0.05, 0.1) is 18.6 Å². The van der Waals surface area contributed by atoms with Crippen molar-refractivity contribution >= 4 is 50.4 Å². The Kier molecular flexibility index (Phi) is 20.5. The highest BCUT2D eigenvalue weighted by atomic mass is 19.1. The highest BCUT2D eigenvalue weighted by Crippen LogP contribution is 2.32. The SMILES string of the molecule is O=C(CCc1ccc(F)cc1)N1CCC(Cn2ccc3cc(-c4cn[nH]c4)ccc32)CC1.O=C(CCc1cccc(F)c1)N1CCC(Cn2ccc3cc(-c4cn[nH]c4)ccc32)CC1.O=C(CCc1ccccc1F)N1CCC(Cn2ccc3cc(-c4cn[nH]c4)ccc32)CC1.